The molecule has 4 rings (SSSR count). The number of likely N-dealkylation sites (tertiary alicyclic amines) is 1. The second-order valence-electron chi connectivity index (χ2n) is 7.18. The van der Waals surface area contributed by atoms with Crippen LogP contribution >= 0.6 is 0 Å². The number of benzene rings is 1. The van der Waals surface area contributed by atoms with Crippen LogP contribution in [0.1, 0.15) is 25.7 Å². The van der Waals surface area contributed by atoms with Crippen molar-refractivity contribution < 1.29 is 5.11 Å². The molecule has 1 saturated heterocycles. The van der Waals surface area contributed by atoms with Gasteiger partial charge < -0.3 is 15.3 Å². The van der Waals surface area contributed by atoms with E-state index in [1.165, 1.54) is 32.4 Å². The van der Waals surface area contributed by atoms with Gasteiger partial charge in [0.2, 0.25) is 0 Å². The molecule has 2 aromatic heterocycles. The van der Waals surface area contributed by atoms with Crippen LogP contribution in [0, 0.1) is 0 Å². The fraction of sp³-hybridized carbons (Fsp3) is 0.364. The summed E-state index contributed by atoms with van der Waals surface area (Å²) in [4.78, 5) is 11.6. The monoisotopic (exact) mass is 362 g/mol. The van der Waals surface area contributed by atoms with E-state index < -0.39 is 0 Å². The van der Waals surface area contributed by atoms with Gasteiger partial charge in [-0.1, -0.05) is 6.42 Å². The molecule has 5 nitrogen and oxygen atoms in total. The molecule has 1 fully saturated rings. The van der Waals surface area contributed by atoms with Gasteiger partial charge >= 0.3 is 0 Å². The number of fused-ring (bicyclic) bond motifs is 1. The smallest absolute Gasteiger partial charge is 0.115 e. The number of piperidine rings is 1. The van der Waals surface area contributed by atoms with Crippen molar-refractivity contribution in [1.82, 2.24) is 14.9 Å². The summed E-state index contributed by atoms with van der Waals surface area (Å²) in [5.74, 6) is 0.264. The van der Waals surface area contributed by atoms with Gasteiger partial charge in [0.05, 0.1) is 11.2 Å². The Morgan fingerprint density at radius 1 is 1.04 bits per heavy atom. The van der Waals surface area contributed by atoms with Gasteiger partial charge in [-0.25, -0.2) is 4.98 Å². The number of aromatic hydroxyl groups is 1. The van der Waals surface area contributed by atoms with E-state index in [9.17, 15) is 5.11 Å². The third kappa shape index (κ3) is 4.37. The lowest BCUT2D eigenvalue weighted by Gasteiger charge is -2.26. The Bertz CT molecular complexity index is 888. The lowest BCUT2D eigenvalue weighted by molar-refractivity contribution is 0.228. The first-order valence-corrected chi connectivity index (χ1v) is 9.80. The molecular weight excluding hydrogens is 336 g/mol. The summed E-state index contributed by atoms with van der Waals surface area (Å²) in [6.45, 7) is 4.57. The van der Waals surface area contributed by atoms with E-state index in [2.05, 4.69) is 21.3 Å². The molecule has 27 heavy (non-hydrogen) atoms. The topological polar surface area (TPSA) is 61.3 Å². The summed E-state index contributed by atoms with van der Waals surface area (Å²) in [6.07, 6.45) is 8.82. The number of hydrogen-bond acceptors (Lipinski definition) is 5. The van der Waals surface area contributed by atoms with Gasteiger partial charge in [-0.15, -0.1) is 0 Å². The number of anilines is 1. The van der Waals surface area contributed by atoms with Crippen molar-refractivity contribution >= 4 is 16.6 Å². The predicted molar refractivity (Wildman–Crippen MR) is 110 cm³/mol. The van der Waals surface area contributed by atoms with Crippen LogP contribution in [0.25, 0.3) is 22.2 Å². The third-order valence-electron chi connectivity index (χ3n) is 5.19. The highest BCUT2D eigenvalue weighted by atomic mass is 16.3. The molecule has 3 heterocycles. The summed E-state index contributed by atoms with van der Waals surface area (Å²) in [5, 5.41) is 14.2. The average Bonchev–Trinajstić information content (AvgIpc) is 2.72. The summed E-state index contributed by atoms with van der Waals surface area (Å²) >= 11 is 0. The lowest BCUT2D eigenvalue weighted by atomic mass is 10.1. The molecule has 0 amide bonds. The summed E-state index contributed by atoms with van der Waals surface area (Å²) in [7, 11) is 0. The number of hydrogen-bond donors (Lipinski definition) is 2. The number of pyridine rings is 2. The minimum atomic E-state index is 0.264. The van der Waals surface area contributed by atoms with Crippen molar-refractivity contribution in [3.05, 3.63) is 48.8 Å². The van der Waals surface area contributed by atoms with Gasteiger partial charge in [-0.2, -0.15) is 0 Å². The minimum Gasteiger partial charge on any atom is -0.508 e. The highest BCUT2D eigenvalue weighted by molar-refractivity contribution is 5.93. The van der Waals surface area contributed by atoms with Crippen LogP contribution in [0.5, 0.6) is 5.75 Å². The van der Waals surface area contributed by atoms with Crippen LogP contribution in [0.2, 0.25) is 0 Å². The van der Waals surface area contributed by atoms with E-state index in [0.29, 0.717) is 0 Å². The predicted octanol–water partition coefficient (Wildman–Crippen LogP) is 4.29. The largest absolute Gasteiger partial charge is 0.508 e. The molecule has 0 spiro atoms. The number of aromatic nitrogens is 2. The second-order valence-corrected chi connectivity index (χ2v) is 7.18. The molecule has 1 aliphatic rings. The Morgan fingerprint density at radius 3 is 2.67 bits per heavy atom. The zero-order chi connectivity index (χ0) is 18.5. The molecule has 140 valence electrons. The lowest BCUT2D eigenvalue weighted by Crippen LogP contribution is -2.31. The van der Waals surface area contributed by atoms with Crippen molar-refractivity contribution in [2.24, 2.45) is 0 Å². The number of phenols is 1. The molecule has 1 aliphatic heterocycles. The molecule has 0 unspecified atom stereocenters. The van der Waals surface area contributed by atoms with Crippen molar-refractivity contribution in [1.29, 1.82) is 0 Å². The fourth-order valence-corrected chi connectivity index (χ4v) is 3.70. The van der Waals surface area contributed by atoms with Gasteiger partial charge in [0.15, 0.2) is 0 Å². The van der Waals surface area contributed by atoms with Crippen LogP contribution in [-0.2, 0) is 0 Å². The van der Waals surface area contributed by atoms with E-state index in [1.807, 2.05) is 24.4 Å². The molecular formula is C22H26N4O. The zero-order valence-corrected chi connectivity index (χ0v) is 15.6. The van der Waals surface area contributed by atoms with E-state index in [4.69, 9.17) is 4.98 Å². The first-order valence-electron chi connectivity index (χ1n) is 9.80. The maximum atomic E-state index is 9.54. The molecule has 0 bridgehead atoms. The first kappa shape index (κ1) is 17.7. The Hall–Kier alpha value is -2.66. The van der Waals surface area contributed by atoms with Crippen molar-refractivity contribution in [2.45, 2.75) is 25.7 Å². The maximum absolute atomic E-state index is 9.54. The second kappa shape index (κ2) is 8.35. The normalized spacial score (nSPS) is 15.1. The molecule has 0 atom stereocenters. The molecule has 3 aromatic rings. The maximum Gasteiger partial charge on any atom is 0.115 e. The molecule has 0 aliphatic carbocycles. The molecule has 5 heteroatoms. The van der Waals surface area contributed by atoms with Crippen LogP contribution < -0.4 is 5.32 Å². The standard InChI is InChI=1S/C22H26N4O/c27-18-7-5-17(6-8-18)21-15-22(19-16-23-11-9-20(19)25-21)24-10-4-14-26-12-2-1-3-13-26/h5-9,11,15-16,27H,1-4,10,12-14H2,(H,24,25). The Kier molecular flexibility index (Phi) is 5.49. The summed E-state index contributed by atoms with van der Waals surface area (Å²) in [5.41, 5.74) is 3.87. The van der Waals surface area contributed by atoms with Crippen LogP contribution in [0.15, 0.2) is 48.8 Å². The highest BCUT2D eigenvalue weighted by Crippen LogP contribution is 2.28. The van der Waals surface area contributed by atoms with E-state index in [0.717, 1.165) is 47.4 Å². The Labute approximate surface area is 160 Å². The van der Waals surface area contributed by atoms with Gasteiger partial charge in [-0.05, 0) is 75.3 Å². The number of phenolic OH excluding ortho intramolecular Hbond substituents is 1. The summed E-state index contributed by atoms with van der Waals surface area (Å²) < 4.78 is 0. The molecule has 0 radical (unpaired) electrons. The van der Waals surface area contributed by atoms with Crippen molar-refractivity contribution in [3.63, 3.8) is 0 Å². The summed E-state index contributed by atoms with van der Waals surface area (Å²) in [6, 6.07) is 11.2. The van der Waals surface area contributed by atoms with E-state index in [-0.39, 0.29) is 5.75 Å². The Balaban J connectivity index is 1.50. The van der Waals surface area contributed by atoms with Crippen molar-refractivity contribution in [2.75, 3.05) is 31.5 Å². The van der Waals surface area contributed by atoms with E-state index >= 15 is 0 Å². The van der Waals surface area contributed by atoms with Crippen LogP contribution in [0.4, 0.5) is 5.69 Å². The highest BCUT2D eigenvalue weighted by Gasteiger charge is 2.10. The minimum absolute atomic E-state index is 0.264. The van der Waals surface area contributed by atoms with Crippen LogP contribution in [-0.4, -0.2) is 46.2 Å². The Morgan fingerprint density at radius 2 is 1.85 bits per heavy atom. The van der Waals surface area contributed by atoms with Gasteiger partial charge in [0, 0.05) is 35.6 Å². The SMILES string of the molecule is Oc1ccc(-c2cc(NCCCN3CCCCC3)c3cnccc3n2)cc1. The van der Waals surface area contributed by atoms with Gasteiger partial charge in [-0.3, -0.25) is 4.98 Å². The number of nitrogens with zero attached hydrogens (tertiary/aromatic N) is 3. The number of rotatable bonds is 6. The molecule has 1 aromatic carbocycles. The third-order valence-corrected chi connectivity index (χ3v) is 5.19. The van der Waals surface area contributed by atoms with Crippen LogP contribution in [0.3, 0.4) is 0 Å². The zero-order valence-electron chi connectivity index (χ0n) is 15.6. The van der Waals surface area contributed by atoms with Crippen molar-refractivity contribution in [3.8, 4) is 17.0 Å². The van der Waals surface area contributed by atoms with Gasteiger partial charge in [0.1, 0.15) is 5.75 Å². The fourth-order valence-electron chi connectivity index (χ4n) is 3.70. The molecule has 0 saturated carbocycles. The molecule has 2 N–H and O–H groups in total. The van der Waals surface area contributed by atoms with Gasteiger partial charge in [0.25, 0.3) is 0 Å². The number of nitrogens with one attached hydrogen (secondary N) is 1. The van der Waals surface area contributed by atoms with E-state index in [1.54, 1.807) is 18.3 Å². The quantitative estimate of drug-likeness (QED) is 0.641. The first-order chi connectivity index (χ1) is 13.3. The average molecular weight is 362 g/mol.